The highest BCUT2D eigenvalue weighted by atomic mass is 19.4. The van der Waals surface area contributed by atoms with Crippen molar-refractivity contribution in [3.05, 3.63) is 60.2 Å². The standard InChI is InChI=1S/C14H9F3O/c1-9(14(15,16)17)13(18)12-8-4-6-10-5-2-3-7-11(10)12/h2-8H,1H2. The van der Waals surface area contributed by atoms with E-state index < -0.39 is 17.5 Å². The third-order valence-corrected chi connectivity index (χ3v) is 2.65. The van der Waals surface area contributed by atoms with Crippen molar-refractivity contribution in [3.8, 4) is 0 Å². The summed E-state index contributed by atoms with van der Waals surface area (Å²) in [5, 5.41) is 1.22. The van der Waals surface area contributed by atoms with Crippen LogP contribution in [-0.4, -0.2) is 12.0 Å². The molecule has 4 heteroatoms. The Morgan fingerprint density at radius 3 is 2.28 bits per heavy atom. The number of benzene rings is 2. The van der Waals surface area contributed by atoms with E-state index in [0.29, 0.717) is 5.39 Å². The molecule has 0 atom stereocenters. The first-order chi connectivity index (χ1) is 8.41. The van der Waals surface area contributed by atoms with E-state index in [1.54, 1.807) is 36.4 Å². The lowest BCUT2D eigenvalue weighted by Gasteiger charge is -2.10. The quantitative estimate of drug-likeness (QED) is 0.578. The molecular formula is C14H9F3O. The third kappa shape index (κ3) is 2.14. The van der Waals surface area contributed by atoms with E-state index in [1.165, 1.54) is 6.07 Å². The summed E-state index contributed by atoms with van der Waals surface area (Å²) in [6.45, 7) is 2.83. The summed E-state index contributed by atoms with van der Waals surface area (Å²) < 4.78 is 37.4. The molecule has 0 N–H and O–H groups in total. The molecule has 0 amide bonds. The molecule has 2 aromatic rings. The van der Waals surface area contributed by atoms with E-state index in [4.69, 9.17) is 0 Å². The van der Waals surface area contributed by atoms with Gasteiger partial charge in [0.2, 0.25) is 0 Å². The van der Waals surface area contributed by atoms with Gasteiger partial charge in [-0.1, -0.05) is 49.0 Å². The van der Waals surface area contributed by atoms with E-state index in [-0.39, 0.29) is 5.56 Å². The highest BCUT2D eigenvalue weighted by molar-refractivity contribution is 6.16. The van der Waals surface area contributed by atoms with E-state index in [0.717, 1.165) is 5.39 Å². The minimum absolute atomic E-state index is 0.0235. The van der Waals surface area contributed by atoms with Gasteiger partial charge >= 0.3 is 6.18 Å². The Labute approximate surface area is 102 Å². The summed E-state index contributed by atoms with van der Waals surface area (Å²) in [4.78, 5) is 11.8. The van der Waals surface area contributed by atoms with Crippen molar-refractivity contribution in [1.29, 1.82) is 0 Å². The Morgan fingerprint density at radius 2 is 1.61 bits per heavy atom. The van der Waals surface area contributed by atoms with Crippen LogP contribution in [0.4, 0.5) is 13.2 Å². The number of halogens is 3. The lowest BCUT2D eigenvalue weighted by Crippen LogP contribution is -2.19. The second-order valence-corrected chi connectivity index (χ2v) is 3.83. The Balaban J connectivity index is 2.56. The fourth-order valence-corrected chi connectivity index (χ4v) is 1.71. The molecule has 0 aromatic heterocycles. The molecule has 2 rings (SSSR count). The normalized spacial score (nSPS) is 11.5. The maximum absolute atomic E-state index is 12.5. The Bertz CT molecular complexity index is 621. The molecule has 0 spiro atoms. The van der Waals surface area contributed by atoms with Gasteiger partial charge in [-0.3, -0.25) is 4.79 Å². The van der Waals surface area contributed by atoms with Gasteiger partial charge in [-0.05, 0) is 10.8 Å². The summed E-state index contributed by atoms with van der Waals surface area (Å²) in [5.74, 6) is -1.08. The highest BCUT2D eigenvalue weighted by Gasteiger charge is 2.37. The largest absolute Gasteiger partial charge is 0.419 e. The maximum atomic E-state index is 12.5. The van der Waals surface area contributed by atoms with Gasteiger partial charge in [0.25, 0.3) is 0 Å². The summed E-state index contributed by atoms with van der Waals surface area (Å²) in [5.41, 5.74) is -1.32. The van der Waals surface area contributed by atoms with Gasteiger partial charge < -0.3 is 0 Å². The summed E-state index contributed by atoms with van der Waals surface area (Å²) in [6, 6.07) is 11.5. The number of carbonyl (C=O) groups excluding carboxylic acids is 1. The van der Waals surface area contributed by atoms with Gasteiger partial charge in [0.05, 0.1) is 5.57 Å². The first kappa shape index (κ1) is 12.4. The summed E-state index contributed by atoms with van der Waals surface area (Å²) >= 11 is 0. The van der Waals surface area contributed by atoms with E-state index >= 15 is 0 Å². The molecule has 18 heavy (non-hydrogen) atoms. The number of Topliss-reactive ketones (excluding diaryl/α,β-unsaturated/α-hetero) is 1. The topological polar surface area (TPSA) is 17.1 Å². The SMILES string of the molecule is C=C(C(=O)c1cccc2ccccc12)C(F)(F)F. The molecule has 92 valence electrons. The van der Waals surface area contributed by atoms with Crippen LogP contribution < -0.4 is 0 Å². The number of hydrogen-bond donors (Lipinski definition) is 0. The number of fused-ring (bicyclic) bond motifs is 1. The smallest absolute Gasteiger partial charge is 0.289 e. The molecular weight excluding hydrogens is 241 g/mol. The van der Waals surface area contributed by atoms with Crippen LogP contribution in [0.1, 0.15) is 10.4 Å². The van der Waals surface area contributed by atoms with Gasteiger partial charge in [-0.2, -0.15) is 13.2 Å². The molecule has 0 aliphatic rings. The lowest BCUT2D eigenvalue weighted by atomic mass is 9.98. The number of allylic oxidation sites excluding steroid dienone is 1. The molecule has 0 unspecified atom stereocenters. The molecule has 0 bridgehead atoms. The maximum Gasteiger partial charge on any atom is 0.419 e. The minimum atomic E-state index is -4.70. The number of hydrogen-bond acceptors (Lipinski definition) is 1. The van der Waals surface area contributed by atoms with Crippen LogP contribution >= 0.6 is 0 Å². The van der Waals surface area contributed by atoms with Gasteiger partial charge in [0.15, 0.2) is 5.78 Å². The fourth-order valence-electron chi connectivity index (χ4n) is 1.71. The number of alkyl halides is 3. The van der Waals surface area contributed by atoms with E-state index in [9.17, 15) is 18.0 Å². The molecule has 0 saturated carbocycles. The van der Waals surface area contributed by atoms with E-state index in [2.05, 4.69) is 6.58 Å². The van der Waals surface area contributed by atoms with Crippen LogP contribution in [0.25, 0.3) is 10.8 Å². The number of rotatable bonds is 2. The highest BCUT2D eigenvalue weighted by Crippen LogP contribution is 2.29. The van der Waals surface area contributed by atoms with Crippen LogP contribution in [0, 0.1) is 0 Å². The van der Waals surface area contributed by atoms with Crippen LogP contribution in [-0.2, 0) is 0 Å². The predicted molar refractivity (Wildman–Crippen MR) is 63.5 cm³/mol. The summed E-state index contributed by atoms with van der Waals surface area (Å²) in [6.07, 6.45) is -4.70. The zero-order valence-corrected chi connectivity index (χ0v) is 9.29. The van der Waals surface area contributed by atoms with Crippen molar-refractivity contribution in [2.24, 2.45) is 0 Å². The van der Waals surface area contributed by atoms with Crippen LogP contribution in [0.2, 0.25) is 0 Å². The van der Waals surface area contributed by atoms with Crippen molar-refractivity contribution in [3.63, 3.8) is 0 Å². The van der Waals surface area contributed by atoms with Crippen LogP contribution in [0.15, 0.2) is 54.6 Å². The van der Waals surface area contributed by atoms with Gasteiger partial charge in [-0.25, -0.2) is 0 Å². The monoisotopic (exact) mass is 250 g/mol. The third-order valence-electron chi connectivity index (χ3n) is 2.65. The minimum Gasteiger partial charge on any atom is -0.289 e. The Hall–Kier alpha value is -2.10. The number of carbonyl (C=O) groups is 1. The zero-order chi connectivity index (χ0) is 13.3. The average Bonchev–Trinajstić information content (AvgIpc) is 2.35. The lowest BCUT2D eigenvalue weighted by molar-refractivity contribution is -0.0883. The van der Waals surface area contributed by atoms with Crippen molar-refractivity contribution >= 4 is 16.6 Å². The number of ketones is 1. The van der Waals surface area contributed by atoms with Crippen molar-refractivity contribution in [2.45, 2.75) is 6.18 Å². The molecule has 1 nitrogen and oxygen atoms in total. The first-order valence-corrected chi connectivity index (χ1v) is 5.20. The van der Waals surface area contributed by atoms with E-state index in [1.807, 2.05) is 0 Å². The van der Waals surface area contributed by atoms with Crippen LogP contribution in [0.3, 0.4) is 0 Å². The van der Waals surface area contributed by atoms with Crippen molar-refractivity contribution < 1.29 is 18.0 Å². The molecule has 0 fully saturated rings. The molecule has 0 radical (unpaired) electrons. The van der Waals surface area contributed by atoms with Crippen molar-refractivity contribution in [2.75, 3.05) is 0 Å². The predicted octanol–water partition coefficient (Wildman–Crippen LogP) is 4.14. The molecule has 2 aromatic carbocycles. The molecule has 0 saturated heterocycles. The molecule has 0 aliphatic heterocycles. The first-order valence-electron chi connectivity index (χ1n) is 5.20. The zero-order valence-electron chi connectivity index (χ0n) is 9.29. The van der Waals surface area contributed by atoms with Crippen molar-refractivity contribution in [1.82, 2.24) is 0 Å². The summed E-state index contributed by atoms with van der Waals surface area (Å²) in [7, 11) is 0. The average molecular weight is 250 g/mol. The second-order valence-electron chi connectivity index (χ2n) is 3.83. The van der Waals surface area contributed by atoms with Gasteiger partial charge in [0, 0.05) is 5.56 Å². The van der Waals surface area contributed by atoms with Gasteiger partial charge in [0.1, 0.15) is 0 Å². The molecule has 0 heterocycles. The Morgan fingerprint density at radius 1 is 1.00 bits per heavy atom. The van der Waals surface area contributed by atoms with Gasteiger partial charge in [-0.15, -0.1) is 0 Å². The Kier molecular flexibility index (Phi) is 2.95. The van der Waals surface area contributed by atoms with Crippen LogP contribution in [0.5, 0.6) is 0 Å². The fraction of sp³-hybridized carbons (Fsp3) is 0.0714. The second kappa shape index (κ2) is 4.29. The molecule has 0 aliphatic carbocycles.